The van der Waals surface area contributed by atoms with Gasteiger partial charge in [-0.05, 0) is 12.1 Å². The molecule has 0 radical (unpaired) electrons. The van der Waals surface area contributed by atoms with Crippen molar-refractivity contribution in [1.82, 2.24) is 9.78 Å². The van der Waals surface area contributed by atoms with Crippen LogP contribution >= 0.6 is 12.2 Å². The monoisotopic (exact) mass is 232 g/mol. The first-order valence-corrected chi connectivity index (χ1v) is 5.22. The lowest BCUT2D eigenvalue weighted by atomic mass is 10.2. The van der Waals surface area contributed by atoms with Crippen molar-refractivity contribution in [3.8, 4) is 0 Å². The quantitative estimate of drug-likeness (QED) is 0.792. The largest absolute Gasteiger partial charge is 0.389 e. The second kappa shape index (κ2) is 4.32. The Morgan fingerprint density at radius 2 is 2.19 bits per heavy atom. The smallest absolute Gasteiger partial charge is 0.106 e. The maximum absolute atomic E-state index is 5.64. The van der Waals surface area contributed by atoms with Crippen molar-refractivity contribution in [2.24, 2.45) is 12.8 Å². The molecule has 0 aliphatic rings. The fraction of sp³-hybridized carbons (Fsp3) is 0.0909. The van der Waals surface area contributed by atoms with Crippen molar-refractivity contribution in [2.75, 3.05) is 5.32 Å². The summed E-state index contributed by atoms with van der Waals surface area (Å²) in [7, 11) is 1.87. The summed E-state index contributed by atoms with van der Waals surface area (Å²) in [6.45, 7) is 0. The fourth-order valence-corrected chi connectivity index (χ4v) is 1.63. The van der Waals surface area contributed by atoms with E-state index >= 15 is 0 Å². The molecule has 0 unspecified atom stereocenters. The van der Waals surface area contributed by atoms with E-state index in [0.29, 0.717) is 4.99 Å². The molecule has 0 saturated carbocycles. The normalized spacial score (nSPS) is 10.1. The molecular weight excluding hydrogens is 220 g/mol. The lowest BCUT2D eigenvalue weighted by Gasteiger charge is -2.08. The molecule has 2 aromatic rings. The van der Waals surface area contributed by atoms with Gasteiger partial charge in [-0.2, -0.15) is 5.10 Å². The van der Waals surface area contributed by atoms with Crippen LogP contribution in [0.5, 0.6) is 0 Å². The number of para-hydroxylation sites is 1. The Hall–Kier alpha value is -1.88. The van der Waals surface area contributed by atoms with Crippen LogP contribution in [0, 0.1) is 0 Å². The average molecular weight is 232 g/mol. The fourth-order valence-electron chi connectivity index (χ4n) is 1.45. The van der Waals surface area contributed by atoms with Crippen LogP contribution in [0.4, 0.5) is 11.4 Å². The zero-order valence-corrected chi connectivity index (χ0v) is 9.66. The minimum Gasteiger partial charge on any atom is -0.389 e. The highest BCUT2D eigenvalue weighted by Gasteiger charge is 2.04. The van der Waals surface area contributed by atoms with Crippen LogP contribution in [0.15, 0.2) is 36.7 Å². The molecule has 1 heterocycles. The van der Waals surface area contributed by atoms with Crippen molar-refractivity contribution in [3.05, 3.63) is 42.2 Å². The highest BCUT2D eigenvalue weighted by molar-refractivity contribution is 7.80. The summed E-state index contributed by atoms with van der Waals surface area (Å²) in [4.78, 5) is 0.381. The zero-order valence-electron chi connectivity index (χ0n) is 8.84. The number of hydrogen-bond acceptors (Lipinski definition) is 3. The standard InChI is InChI=1S/C11H12N4S/c1-15-7-8(6-13-15)14-10-5-3-2-4-9(10)11(12)16/h2-7,14H,1H3,(H2,12,16). The molecule has 0 atom stereocenters. The number of thiocarbonyl (C=S) groups is 1. The van der Waals surface area contributed by atoms with E-state index in [1.807, 2.05) is 37.5 Å². The molecule has 0 amide bonds. The number of aromatic nitrogens is 2. The summed E-state index contributed by atoms with van der Waals surface area (Å²) in [5.41, 5.74) is 8.28. The van der Waals surface area contributed by atoms with Gasteiger partial charge in [-0.25, -0.2) is 0 Å². The second-order valence-electron chi connectivity index (χ2n) is 3.44. The van der Waals surface area contributed by atoms with Crippen LogP contribution in [0.3, 0.4) is 0 Å². The molecule has 0 aliphatic carbocycles. The Labute approximate surface area is 99.1 Å². The van der Waals surface area contributed by atoms with Crippen molar-refractivity contribution in [3.63, 3.8) is 0 Å². The number of rotatable bonds is 3. The molecule has 0 spiro atoms. The third kappa shape index (κ3) is 2.20. The van der Waals surface area contributed by atoms with Gasteiger partial charge in [0.1, 0.15) is 4.99 Å². The third-order valence-electron chi connectivity index (χ3n) is 2.18. The number of benzene rings is 1. The van der Waals surface area contributed by atoms with Gasteiger partial charge in [0, 0.05) is 24.5 Å². The molecule has 82 valence electrons. The molecule has 5 heteroatoms. The van der Waals surface area contributed by atoms with Gasteiger partial charge in [0.15, 0.2) is 0 Å². The Bertz CT molecular complexity index is 518. The first-order chi connectivity index (χ1) is 7.66. The number of anilines is 2. The Kier molecular flexibility index (Phi) is 2.87. The minimum absolute atomic E-state index is 0.381. The van der Waals surface area contributed by atoms with Crippen LogP contribution in [0.2, 0.25) is 0 Å². The van der Waals surface area contributed by atoms with Gasteiger partial charge >= 0.3 is 0 Å². The Balaban J connectivity index is 2.31. The highest BCUT2D eigenvalue weighted by atomic mass is 32.1. The Morgan fingerprint density at radius 1 is 1.44 bits per heavy atom. The molecular formula is C11H12N4S. The summed E-state index contributed by atoms with van der Waals surface area (Å²) in [6, 6.07) is 7.66. The summed E-state index contributed by atoms with van der Waals surface area (Å²) in [6.07, 6.45) is 3.63. The summed E-state index contributed by atoms with van der Waals surface area (Å²) in [5.74, 6) is 0. The highest BCUT2D eigenvalue weighted by Crippen LogP contribution is 2.19. The van der Waals surface area contributed by atoms with Crippen molar-refractivity contribution in [2.45, 2.75) is 0 Å². The van der Waals surface area contributed by atoms with Gasteiger partial charge < -0.3 is 11.1 Å². The summed E-state index contributed by atoms with van der Waals surface area (Å²) >= 11 is 4.99. The topological polar surface area (TPSA) is 55.9 Å². The van der Waals surface area contributed by atoms with Crippen LogP contribution in [-0.2, 0) is 7.05 Å². The van der Waals surface area contributed by atoms with Crippen molar-refractivity contribution < 1.29 is 0 Å². The molecule has 3 N–H and O–H groups in total. The molecule has 1 aromatic heterocycles. The lowest BCUT2D eigenvalue weighted by Crippen LogP contribution is -2.11. The molecule has 1 aromatic carbocycles. The molecule has 4 nitrogen and oxygen atoms in total. The van der Waals surface area contributed by atoms with Crippen LogP contribution in [-0.4, -0.2) is 14.8 Å². The molecule has 0 aliphatic heterocycles. The first-order valence-electron chi connectivity index (χ1n) is 4.81. The first kappa shape index (κ1) is 10.6. The SMILES string of the molecule is Cn1cc(Nc2ccccc2C(N)=S)cn1. The van der Waals surface area contributed by atoms with Gasteiger partial charge in [-0.3, -0.25) is 4.68 Å². The molecule has 0 saturated heterocycles. The van der Waals surface area contributed by atoms with Gasteiger partial charge in [0.25, 0.3) is 0 Å². The number of nitrogens with zero attached hydrogens (tertiary/aromatic N) is 2. The van der Waals surface area contributed by atoms with E-state index in [4.69, 9.17) is 18.0 Å². The molecule has 2 rings (SSSR count). The van der Waals surface area contributed by atoms with Gasteiger partial charge in [-0.15, -0.1) is 0 Å². The predicted octanol–water partition coefficient (Wildman–Crippen LogP) is 1.80. The summed E-state index contributed by atoms with van der Waals surface area (Å²) < 4.78 is 1.73. The molecule has 16 heavy (non-hydrogen) atoms. The maximum atomic E-state index is 5.64. The van der Waals surface area contributed by atoms with E-state index in [0.717, 1.165) is 16.9 Å². The van der Waals surface area contributed by atoms with Crippen LogP contribution in [0.1, 0.15) is 5.56 Å². The van der Waals surface area contributed by atoms with E-state index in [1.54, 1.807) is 10.9 Å². The zero-order chi connectivity index (χ0) is 11.5. The van der Waals surface area contributed by atoms with Crippen molar-refractivity contribution >= 4 is 28.6 Å². The summed E-state index contributed by atoms with van der Waals surface area (Å²) in [5, 5.41) is 7.30. The van der Waals surface area contributed by atoms with Crippen LogP contribution < -0.4 is 11.1 Å². The number of aryl methyl sites for hydroxylation is 1. The minimum atomic E-state index is 0.381. The van der Waals surface area contributed by atoms with Gasteiger partial charge in [0.2, 0.25) is 0 Å². The number of hydrogen-bond donors (Lipinski definition) is 2. The number of nitrogens with two attached hydrogens (primary N) is 1. The second-order valence-corrected chi connectivity index (χ2v) is 3.88. The molecule has 0 fully saturated rings. The van der Waals surface area contributed by atoms with Crippen molar-refractivity contribution in [1.29, 1.82) is 0 Å². The van der Waals surface area contributed by atoms with E-state index < -0.39 is 0 Å². The van der Waals surface area contributed by atoms with E-state index in [2.05, 4.69) is 10.4 Å². The Morgan fingerprint density at radius 3 is 2.81 bits per heavy atom. The van der Waals surface area contributed by atoms with E-state index in [9.17, 15) is 0 Å². The van der Waals surface area contributed by atoms with E-state index in [1.165, 1.54) is 0 Å². The molecule has 0 bridgehead atoms. The average Bonchev–Trinajstić information content (AvgIpc) is 2.64. The third-order valence-corrected chi connectivity index (χ3v) is 2.40. The lowest BCUT2D eigenvalue weighted by molar-refractivity contribution is 0.768. The van der Waals surface area contributed by atoms with Crippen LogP contribution in [0.25, 0.3) is 0 Å². The van der Waals surface area contributed by atoms with Gasteiger partial charge in [-0.1, -0.05) is 24.4 Å². The predicted molar refractivity (Wildman–Crippen MR) is 68.8 cm³/mol. The van der Waals surface area contributed by atoms with E-state index in [-0.39, 0.29) is 0 Å². The van der Waals surface area contributed by atoms with Gasteiger partial charge in [0.05, 0.1) is 11.9 Å². The maximum Gasteiger partial charge on any atom is 0.106 e. The number of nitrogens with one attached hydrogen (secondary N) is 1.